The zero-order valence-corrected chi connectivity index (χ0v) is 21.0. The molecule has 0 aromatic carbocycles. The van der Waals surface area contributed by atoms with E-state index in [4.69, 9.17) is 4.74 Å². The van der Waals surface area contributed by atoms with Gasteiger partial charge in [0.1, 0.15) is 11.3 Å². The molecular formula is C23H28FN5O7S. The van der Waals surface area contributed by atoms with Crippen LogP contribution in [0.3, 0.4) is 0 Å². The summed E-state index contributed by atoms with van der Waals surface area (Å²) in [6, 6.07) is 3.09. The van der Waals surface area contributed by atoms with Crippen molar-refractivity contribution in [1.29, 1.82) is 0 Å². The number of carbonyl (C=O) groups is 2. The average Bonchev–Trinajstić information content (AvgIpc) is 2.83. The van der Waals surface area contributed by atoms with E-state index in [0.717, 1.165) is 6.07 Å². The molecule has 0 bridgehead atoms. The maximum atomic E-state index is 14.5. The fraction of sp³-hybridized carbons (Fsp3) is 0.478. The molecule has 0 radical (unpaired) electrons. The summed E-state index contributed by atoms with van der Waals surface area (Å²) < 4.78 is 43.9. The van der Waals surface area contributed by atoms with Crippen LogP contribution in [0.4, 0.5) is 20.7 Å². The first-order chi connectivity index (χ1) is 17.4. The number of amides is 2. The second-order valence-electron chi connectivity index (χ2n) is 9.29. The zero-order chi connectivity index (χ0) is 27.0. The number of hydrogen-bond donors (Lipinski definition) is 4. The molecule has 4 atom stereocenters. The van der Waals surface area contributed by atoms with E-state index in [1.807, 2.05) is 0 Å². The average molecular weight is 538 g/mol. The lowest BCUT2D eigenvalue weighted by molar-refractivity contribution is -0.176. The molecule has 2 saturated heterocycles. The molecule has 2 aliphatic heterocycles. The summed E-state index contributed by atoms with van der Waals surface area (Å²) in [5.41, 5.74) is -0.775. The first-order valence-corrected chi connectivity index (χ1v) is 13.4. The van der Waals surface area contributed by atoms with E-state index in [-0.39, 0.29) is 48.2 Å². The molecule has 0 unspecified atom stereocenters. The van der Waals surface area contributed by atoms with Crippen molar-refractivity contribution in [2.45, 2.75) is 44.1 Å². The molecule has 0 spiro atoms. The molecule has 2 aromatic rings. The zero-order valence-electron chi connectivity index (χ0n) is 20.2. The van der Waals surface area contributed by atoms with E-state index in [1.165, 1.54) is 30.3 Å². The molecule has 200 valence electrons. The van der Waals surface area contributed by atoms with Crippen LogP contribution >= 0.6 is 0 Å². The predicted octanol–water partition coefficient (Wildman–Crippen LogP) is 1.34. The van der Waals surface area contributed by atoms with Crippen LogP contribution in [-0.4, -0.2) is 82.9 Å². The number of sulfone groups is 1. The minimum atomic E-state index is -3.18. The Bertz CT molecular complexity index is 1290. The van der Waals surface area contributed by atoms with Crippen molar-refractivity contribution >= 4 is 33.3 Å². The van der Waals surface area contributed by atoms with Crippen LogP contribution in [0.25, 0.3) is 0 Å². The Morgan fingerprint density at radius 3 is 2.62 bits per heavy atom. The fourth-order valence-corrected chi connectivity index (χ4v) is 5.61. The van der Waals surface area contributed by atoms with Crippen molar-refractivity contribution in [3.8, 4) is 0 Å². The molecule has 4 N–H and O–H groups in total. The number of anilines is 2. The lowest BCUT2D eigenvalue weighted by Gasteiger charge is -2.45. The molecule has 37 heavy (non-hydrogen) atoms. The maximum absolute atomic E-state index is 14.5. The van der Waals surface area contributed by atoms with Gasteiger partial charge < -0.3 is 30.5 Å². The van der Waals surface area contributed by atoms with Crippen LogP contribution in [0.5, 0.6) is 0 Å². The smallest absolute Gasteiger partial charge is 0.404 e. The molecule has 2 aliphatic rings. The van der Waals surface area contributed by atoms with Gasteiger partial charge in [-0.2, -0.15) is 0 Å². The van der Waals surface area contributed by atoms with Crippen LogP contribution in [0.1, 0.15) is 42.4 Å². The van der Waals surface area contributed by atoms with E-state index in [0.29, 0.717) is 5.56 Å². The normalized spacial score (nSPS) is 27.4. The Hall–Kier alpha value is -3.36. The summed E-state index contributed by atoms with van der Waals surface area (Å²) in [6.45, 7) is 3.24. The van der Waals surface area contributed by atoms with Gasteiger partial charge in [0.25, 0.3) is 5.91 Å². The molecule has 4 heterocycles. The lowest BCUT2D eigenvalue weighted by Crippen LogP contribution is -2.60. The number of carbonyl (C=O) groups excluding carboxylic acids is 1. The minimum Gasteiger partial charge on any atom is -0.465 e. The van der Waals surface area contributed by atoms with Gasteiger partial charge in [-0.25, -0.2) is 22.6 Å². The fourth-order valence-electron chi connectivity index (χ4n) is 4.41. The number of aromatic nitrogens is 2. The summed E-state index contributed by atoms with van der Waals surface area (Å²) in [7, 11) is -3.18. The monoisotopic (exact) mass is 537 g/mol. The van der Waals surface area contributed by atoms with Crippen molar-refractivity contribution in [2.75, 3.05) is 34.8 Å². The highest BCUT2D eigenvalue weighted by atomic mass is 32.2. The second kappa shape index (κ2) is 10.2. The molecule has 14 heteroatoms. The van der Waals surface area contributed by atoms with Crippen LogP contribution in [0, 0.1) is 5.82 Å². The van der Waals surface area contributed by atoms with Crippen LogP contribution in [0.2, 0.25) is 0 Å². The van der Waals surface area contributed by atoms with Crippen LogP contribution in [0.15, 0.2) is 30.6 Å². The van der Waals surface area contributed by atoms with Gasteiger partial charge in [-0.15, -0.1) is 0 Å². The molecule has 0 saturated carbocycles. The standard InChI is InChI=1S/C23H28FN5O7S/c1-13-23(2,33)19(28-22(31)32)11-18(36-13)14-5-6-25-12-17(14)27-21(30)16-4-3-15(24)20(26-16)29-7-9-37(34,35)10-8-29/h3-6,12-13,18-19,28,33H,7-11H2,1-2H3,(H,27,30)(H,31,32)/t13-,18-,19-,23-/m1/s1. The number of nitrogens with one attached hydrogen (secondary N) is 2. The Kier molecular flexibility index (Phi) is 7.35. The van der Waals surface area contributed by atoms with E-state index < -0.39 is 51.5 Å². The highest BCUT2D eigenvalue weighted by Crippen LogP contribution is 2.39. The minimum absolute atomic E-state index is 0.0661. The van der Waals surface area contributed by atoms with Gasteiger partial charge in [0.15, 0.2) is 21.5 Å². The first kappa shape index (κ1) is 26.7. The topological polar surface area (TPSA) is 171 Å². The Labute approximate surface area is 212 Å². The van der Waals surface area contributed by atoms with E-state index in [1.54, 1.807) is 13.0 Å². The van der Waals surface area contributed by atoms with Crippen LogP contribution < -0.4 is 15.5 Å². The molecule has 12 nitrogen and oxygen atoms in total. The van der Waals surface area contributed by atoms with Gasteiger partial charge in [-0.05, 0) is 32.0 Å². The van der Waals surface area contributed by atoms with Crippen molar-refractivity contribution in [3.63, 3.8) is 0 Å². The number of nitrogens with zero attached hydrogens (tertiary/aromatic N) is 3. The number of aliphatic hydroxyl groups is 1. The third kappa shape index (κ3) is 5.81. The first-order valence-electron chi connectivity index (χ1n) is 11.6. The molecule has 2 fully saturated rings. The van der Waals surface area contributed by atoms with Gasteiger partial charge in [-0.1, -0.05) is 0 Å². The van der Waals surface area contributed by atoms with E-state index >= 15 is 0 Å². The summed E-state index contributed by atoms with van der Waals surface area (Å²) in [5.74, 6) is -1.70. The molecule has 4 rings (SSSR count). The third-order valence-corrected chi connectivity index (χ3v) is 8.41. The highest BCUT2D eigenvalue weighted by Gasteiger charge is 2.46. The van der Waals surface area contributed by atoms with E-state index in [9.17, 15) is 32.6 Å². The van der Waals surface area contributed by atoms with Crippen LogP contribution in [-0.2, 0) is 14.6 Å². The van der Waals surface area contributed by atoms with Gasteiger partial charge in [-0.3, -0.25) is 9.78 Å². The van der Waals surface area contributed by atoms with Gasteiger partial charge in [0.2, 0.25) is 0 Å². The van der Waals surface area contributed by atoms with Crippen molar-refractivity contribution in [1.82, 2.24) is 15.3 Å². The van der Waals surface area contributed by atoms with Crippen molar-refractivity contribution < 1.29 is 37.3 Å². The molecular weight excluding hydrogens is 509 g/mol. The Morgan fingerprint density at radius 1 is 1.24 bits per heavy atom. The van der Waals surface area contributed by atoms with Gasteiger partial charge in [0, 0.05) is 31.3 Å². The SMILES string of the molecule is C[C@H]1O[C@@H](c2ccncc2NC(=O)c2ccc(F)c(N3CCS(=O)(=O)CC3)n2)C[C@@H](NC(=O)O)[C@]1(C)O. The van der Waals surface area contributed by atoms with Gasteiger partial charge in [0.05, 0.1) is 41.6 Å². The van der Waals surface area contributed by atoms with E-state index in [2.05, 4.69) is 20.6 Å². The summed E-state index contributed by atoms with van der Waals surface area (Å²) in [6.07, 6.45) is 0.267. The summed E-state index contributed by atoms with van der Waals surface area (Å²) in [4.78, 5) is 34.0. The van der Waals surface area contributed by atoms with Crippen molar-refractivity contribution in [3.05, 3.63) is 47.7 Å². The second-order valence-corrected chi connectivity index (χ2v) is 11.6. The Balaban J connectivity index is 1.55. The lowest BCUT2D eigenvalue weighted by atomic mass is 9.82. The number of pyridine rings is 2. The number of carboxylic acid groups (broad SMARTS) is 1. The predicted molar refractivity (Wildman–Crippen MR) is 131 cm³/mol. The largest absolute Gasteiger partial charge is 0.465 e. The quantitative estimate of drug-likeness (QED) is 0.436. The number of ether oxygens (including phenoxy) is 1. The third-order valence-electron chi connectivity index (χ3n) is 6.80. The maximum Gasteiger partial charge on any atom is 0.404 e. The number of hydrogen-bond acceptors (Lipinski definition) is 9. The van der Waals surface area contributed by atoms with Gasteiger partial charge >= 0.3 is 6.09 Å². The number of halogens is 1. The highest BCUT2D eigenvalue weighted by molar-refractivity contribution is 7.91. The summed E-state index contributed by atoms with van der Waals surface area (Å²) in [5, 5.41) is 25.0. The molecule has 2 aromatic heterocycles. The molecule has 2 amide bonds. The Morgan fingerprint density at radius 2 is 1.95 bits per heavy atom. The summed E-state index contributed by atoms with van der Waals surface area (Å²) >= 11 is 0. The molecule has 0 aliphatic carbocycles. The number of rotatable bonds is 5. The van der Waals surface area contributed by atoms with Crippen molar-refractivity contribution in [2.24, 2.45) is 0 Å².